The van der Waals surface area contributed by atoms with Crippen molar-refractivity contribution in [2.24, 2.45) is 0 Å². The van der Waals surface area contributed by atoms with E-state index in [2.05, 4.69) is 58.3 Å². The van der Waals surface area contributed by atoms with E-state index in [-0.39, 0.29) is 23.8 Å². The minimum Gasteiger partial charge on any atom is -0.496 e. The molecule has 10 nitrogen and oxygen atoms in total. The van der Waals surface area contributed by atoms with Crippen molar-refractivity contribution >= 4 is 28.6 Å². The number of methoxy groups -OCH3 is 1. The van der Waals surface area contributed by atoms with E-state index in [0.29, 0.717) is 28.6 Å². The molecular formula is C35H46FN7O3. The molecule has 2 aromatic carbocycles. The highest BCUT2D eigenvalue weighted by Gasteiger charge is 2.26. The predicted molar refractivity (Wildman–Crippen MR) is 181 cm³/mol. The van der Waals surface area contributed by atoms with Crippen LogP contribution in [0.5, 0.6) is 5.75 Å². The number of hydrogen-bond donors (Lipinski definition) is 2. The minimum atomic E-state index is -1.10. The van der Waals surface area contributed by atoms with Crippen molar-refractivity contribution in [3.05, 3.63) is 65.6 Å². The van der Waals surface area contributed by atoms with Gasteiger partial charge in [-0.2, -0.15) is 0 Å². The van der Waals surface area contributed by atoms with Crippen molar-refractivity contribution in [3.63, 3.8) is 0 Å². The van der Waals surface area contributed by atoms with E-state index in [1.54, 1.807) is 49.6 Å². The number of anilines is 2. The summed E-state index contributed by atoms with van der Waals surface area (Å²) in [5, 5.41) is 13.7. The number of nitrogens with one attached hydrogen (secondary N) is 1. The Morgan fingerprint density at radius 3 is 2.48 bits per heavy atom. The van der Waals surface area contributed by atoms with Crippen molar-refractivity contribution in [3.8, 4) is 17.0 Å². The largest absolute Gasteiger partial charge is 0.496 e. The summed E-state index contributed by atoms with van der Waals surface area (Å²) >= 11 is 0. The molecule has 246 valence electrons. The molecule has 11 heteroatoms. The summed E-state index contributed by atoms with van der Waals surface area (Å²) in [6.07, 6.45) is 2.14. The Kier molecular flexibility index (Phi) is 9.95. The van der Waals surface area contributed by atoms with Crippen LogP contribution in [0.4, 0.5) is 16.0 Å². The summed E-state index contributed by atoms with van der Waals surface area (Å²) in [7, 11) is 7.92. The minimum absolute atomic E-state index is 0.0323. The van der Waals surface area contributed by atoms with Gasteiger partial charge in [0.15, 0.2) is 5.82 Å². The second-order valence-electron chi connectivity index (χ2n) is 13.1. The first kappa shape index (κ1) is 33.3. The van der Waals surface area contributed by atoms with Gasteiger partial charge in [-0.15, -0.1) is 0 Å². The number of carbonyl (C=O) groups excluding carboxylic acids is 1. The number of likely N-dealkylation sites (N-methyl/N-ethyl adjacent to an activating group) is 2. The van der Waals surface area contributed by atoms with E-state index in [9.17, 15) is 9.90 Å². The molecule has 46 heavy (non-hydrogen) atoms. The molecule has 0 atom stereocenters. The van der Waals surface area contributed by atoms with Crippen LogP contribution in [0.1, 0.15) is 42.7 Å². The lowest BCUT2D eigenvalue weighted by atomic mass is 10.0. The lowest BCUT2D eigenvalue weighted by molar-refractivity contribution is 0.0630. The van der Waals surface area contributed by atoms with Gasteiger partial charge >= 0.3 is 0 Å². The maximum Gasteiger partial charge on any atom is 0.261 e. The molecule has 1 aliphatic heterocycles. The van der Waals surface area contributed by atoms with E-state index in [1.165, 1.54) is 13.2 Å². The third-order valence-electron chi connectivity index (χ3n) is 8.55. The van der Waals surface area contributed by atoms with Gasteiger partial charge in [0.1, 0.15) is 11.4 Å². The number of carbonyl (C=O) groups is 1. The number of nitrogens with zero attached hydrogens (tertiary/aromatic N) is 6. The Hall–Kier alpha value is -4.06. The first-order chi connectivity index (χ1) is 21.8. The van der Waals surface area contributed by atoms with Crippen LogP contribution in [0, 0.1) is 12.7 Å². The SMILES string of the molecule is COc1ccccc1-c1nc(C)cc(C(=O)Nc2nc3ccc(N4CCC(N(C)CCN(C)C)CC4)cc3n2CC(C)(C)O)c1F. The number of fused-ring (bicyclic) bond motifs is 1. The predicted octanol–water partition coefficient (Wildman–Crippen LogP) is 5.04. The molecule has 0 saturated carbocycles. The van der Waals surface area contributed by atoms with Gasteiger partial charge in [0.25, 0.3) is 5.91 Å². The lowest BCUT2D eigenvalue weighted by Crippen LogP contribution is -2.45. The third-order valence-corrected chi connectivity index (χ3v) is 8.55. The molecule has 1 amide bonds. The molecule has 2 N–H and O–H groups in total. The number of benzene rings is 2. The van der Waals surface area contributed by atoms with Crippen molar-refractivity contribution in [1.29, 1.82) is 0 Å². The van der Waals surface area contributed by atoms with Crippen molar-refractivity contribution in [2.45, 2.75) is 51.8 Å². The molecule has 3 heterocycles. The average Bonchev–Trinajstić information content (AvgIpc) is 3.35. The number of piperidine rings is 1. The zero-order chi connectivity index (χ0) is 33.2. The highest BCUT2D eigenvalue weighted by molar-refractivity contribution is 6.05. The number of aromatic nitrogens is 3. The number of ether oxygens (including phenoxy) is 1. The Morgan fingerprint density at radius 1 is 1.09 bits per heavy atom. The number of aliphatic hydroxyl groups is 1. The monoisotopic (exact) mass is 631 g/mol. The van der Waals surface area contributed by atoms with Gasteiger partial charge < -0.3 is 29.1 Å². The van der Waals surface area contributed by atoms with Crippen LogP contribution in [0.2, 0.25) is 0 Å². The number of pyridine rings is 1. The molecule has 1 saturated heterocycles. The molecule has 2 aromatic heterocycles. The second kappa shape index (κ2) is 13.7. The number of hydrogen-bond acceptors (Lipinski definition) is 8. The highest BCUT2D eigenvalue weighted by Crippen LogP contribution is 2.33. The second-order valence-corrected chi connectivity index (χ2v) is 13.1. The average molecular weight is 632 g/mol. The molecule has 0 aliphatic carbocycles. The molecular weight excluding hydrogens is 585 g/mol. The summed E-state index contributed by atoms with van der Waals surface area (Å²) in [4.78, 5) is 29.8. The summed E-state index contributed by atoms with van der Waals surface area (Å²) in [5.74, 6) is -0.731. The van der Waals surface area contributed by atoms with Gasteiger partial charge in [0.2, 0.25) is 5.95 Å². The maximum absolute atomic E-state index is 15.9. The highest BCUT2D eigenvalue weighted by atomic mass is 19.1. The van der Waals surface area contributed by atoms with Gasteiger partial charge in [-0.3, -0.25) is 10.1 Å². The Morgan fingerprint density at radius 2 is 1.80 bits per heavy atom. The van der Waals surface area contributed by atoms with Crippen molar-refractivity contribution in [1.82, 2.24) is 24.3 Å². The van der Waals surface area contributed by atoms with E-state index < -0.39 is 17.3 Å². The van der Waals surface area contributed by atoms with Gasteiger partial charge in [-0.25, -0.2) is 14.4 Å². The van der Waals surface area contributed by atoms with Crippen LogP contribution in [0.3, 0.4) is 0 Å². The lowest BCUT2D eigenvalue weighted by Gasteiger charge is -2.38. The number of imidazole rings is 1. The fourth-order valence-corrected chi connectivity index (χ4v) is 6.07. The van der Waals surface area contributed by atoms with Gasteiger partial charge in [-0.1, -0.05) is 12.1 Å². The zero-order valence-corrected chi connectivity index (χ0v) is 28.0. The summed E-state index contributed by atoms with van der Waals surface area (Å²) in [6.45, 7) is 9.24. The molecule has 0 spiro atoms. The zero-order valence-electron chi connectivity index (χ0n) is 28.0. The maximum atomic E-state index is 15.9. The fourth-order valence-electron chi connectivity index (χ4n) is 6.07. The first-order valence-corrected chi connectivity index (χ1v) is 15.8. The smallest absolute Gasteiger partial charge is 0.261 e. The molecule has 0 radical (unpaired) electrons. The molecule has 1 aliphatic rings. The van der Waals surface area contributed by atoms with Crippen LogP contribution in [-0.2, 0) is 6.54 Å². The van der Waals surface area contributed by atoms with E-state index in [1.807, 2.05) is 6.07 Å². The van der Waals surface area contributed by atoms with Crippen LogP contribution < -0.4 is 15.0 Å². The van der Waals surface area contributed by atoms with Crippen molar-refractivity contribution < 1.29 is 19.0 Å². The molecule has 1 fully saturated rings. The fraction of sp³-hybridized carbons (Fsp3) is 0.457. The number of rotatable bonds is 11. The Labute approximate surface area is 270 Å². The normalized spacial score (nSPS) is 14.5. The molecule has 0 unspecified atom stereocenters. The Bertz CT molecular complexity index is 1690. The first-order valence-electron chi connectivity index (χ1n) is 15.8. The summed E-state index contributed by atoms with van der Waals surface area (Å²) in [6, 6.07) is 15.0. The van der Waals surface area contributed by atoms with E-state index in [0.717, 1.165) is 50.2 Å². The van der Waals surface area contributed by atoms with Crippen LogP contribution >= 0.6 is 0 Å². The third kappa shape index (κ3) is 7.49. The van der Waals surface area contributed by atoms with Crippen LogP contribution in [0.25, 0.3) is 22.3 Å². The van der Waals surface area contributed by atoms with Gasteiger partial charge in [0, 0.05) is 49.2 Å². The summed E-state index contributed by atoms with van der Waals surface area (Å²) < 4.78 is 23.2. The van der Waals surface area contributed by atoms with E-state index >= 15 is 4.39 Å². The number of para-hydroxylation sites is 1. The van der Waals surface area contributed by atoms with Crippen LogP contribution in [-0.4, -0.2) is 101 Å². The van der Waals surface area contributed by atoms with Gasteiger partial charge in [0.05, 0.1) is 35.9 Å². The number of halogens is 1. The summed E-state index contributed by atoms with van der Waals surface area (Å²) in [5.41, 5.74) is 2.21. The molecule has 0 bridgehead atoms. The Balaban J connectivity index is 1.43. The topological polar surface area (TPSA) is 99.0 Å². The van der Waals surface area contributed by atoms with Crippen LogP contribution in [0.15, 0.2) is 48.5 Å². The molecule has 5 rings (SSSR count). The number of amides is 1. The van der Waals surface area contributed by atoms with Gasteiger partial charge in [-0.05, 0) is 91.2 Å². The number of aryl methyl sites for hydroxylation is 1. The standard InChI is InChI=1S/C35H46FN7O3/c1-23-20-27(31(36)32(37-23)26-10-8-9-11-30(26)46-7)33(44)39-34-38-28-13-12-25(21-29(28)43(34)22-35(2,3)45)42-16-14-24(15-17-42)41(6)19-18-40(4)5/h8-13,20-21,24,45H,14-19,22H2,1-7H3,(H,38,39,44). The van der Waals surface area contributed by atoms with E-state index in [4.69, 9.17) is 9.72 Å². The quantitative estimate of drug-likeness (QED) is 0.238. The van der Waals surface area contributed by atoms with Crippen molar-refractivity contribution in [2.75, 3.05) is 64.6 Å². The molecule has 4 aromatic rings.